The van der Waals surface area contributed by atoms with Gasteiger partial charge in [-0.05, 0) is 32.1 Å². The molecule has 1 saturated carbocycles. The summed E-state index contributed by atoms with van der Waals surface area (Å²) < 4.78 is 1.95. The van der Waals surface area contributed by atoms with Gasteiger partial charge in [-0.25, -0.2) is 4.98 Å². The van der Waals surface area contributed by atoms with Crippen molar-refractivity contribution in [3.8, 4) is 0 Å². The Morgan fingerprint density at radius 1 is 1.50 bits per heavy atom. The first-order valence-corrected chi connectivity index (χ1v) is 6.31. The van der Waals surface area contributed by atoms with Gasteiger partial charge in [0.1, 0.15) is 0 Å². The Labute approximate surface area is 96.9 Å². The van der Waals surface area contributed by atoms with Crippen molar-refractivity contribution < 1.29 is 4.79 Å². The Hall–Kier alpha value is -1.12. The Bertz CT molecular complexity index is 370. The molecule has 0 amide bonds. The lowest BCUT2D eigenvalue weighted by molar-refractivity contribution is 0.0905. The molecular weight excluding hydrogens is 200 g/mol. The first kappa shape index (κ1) is 11.4. The van der Waals surface area contributed by atoms with E-state index in [0.717, 1.165) is 25.3 Å². The van der Waals surface area contributed by atoms with Crippen LogP contribution in [0.1, 0.15) is 50.1 Å². The minimum atomic E-state index is 0.220. The van der Waals surface area contributed by atoms with E-state index in [1.165, 1.54) is 12.8 Å². The molecule has 0 N–H and O–H groups in total. The van der Waals surface area contributed by atoms with Crippen LogP contribution in [0.5, 0.6) is 0 Å². The highest BCUT2D eigenvalue weighted by atomic mass is 16.1. The average molecular weight is 220 g/mol. The van der Waals surface area contributed by atoms with Crippen LogP contribution >= 0.6 is 0 Å². The van der Waals surface area contributed by atoms with Crippen LogP contribution in [-0.2, 0) is 6.54 Å². The molecule has 0 saturated heterocycles. The van der Waals surface area contributed by atoms with Gasteiger partial charge in [0.15, 0.2) is 5.82 Å². The van der Waals surface area contributed by atoms with Gasteiger partial charge in [0.2, 0.25) is 5.78 Å². The largest absolute Gasteiger partial charge is 0.329 e. The van der Waals surface area contributed by atoms with Gasteiger partial charge in [0.05, 0.1) is 0 Å². The quantitative estimate of drug-likeness (QED) is 0.731. The van der Waals surface area contributed by atoms with Crippen LogP contribution in [0.3, 0.4) is 0 Å². The summed E-state index contributed by atoms with van der Waals surface area (Å²) in [6.45, 7) is 5.08. The number of imidazole rings is 1. The molecule has 0 aromatic carbocycles. The summed E-state index contributed by atoms with van der Waals surface area (Å²) in [5, 5.41) is 0. The van der Waals surface area contributed by atoms with Crippen molar-refractivity contribution >= 4 is 5.78 Å². The fraction of sp³-hybridized carbons (Fsp3) is 0.692. The molecule has 2 rings (SSSR count). The lowest BCUT2D eigenvalue weighted by Gasteiger charge is -2.09. The Morgan fingerprint density at radius 3 is 2.94 bits per heavy atom. The van der Waals surface area contributed by atoms with Crippen molar-refractivity contribution in [2.45, 2.75) is 46.1 Å². The summed E-state index contributed by atoms with van der Waals surface area (Å²) in [6, 6.07) is 0. The Balaban J connectivity index is 2.08. The molecule has 1 fully saturated rings. The van der Waals surface area contributed by atoms with Gasteiger partial charge in [-0.3, -0.25) is 4.79 Å². The molecule has 1 aromatic rings. The maximum atomic E-state index is 12.3. The van der Waals surface area contributed by atoms with E-state index in [1.54, 1.807) is 6.20 Å². The monoisotopic (exact) mass is 220 g/mol. The predicted octanol–water partition coefficient (Wildman–Crippen LogP) is 2.91. The molecular formula is C13H20N2O. The third kappa shape index (κ3) is 2.04. The molecule has 88 valence electrons. The number of aryl methyl sites for hydroxylation is 1. The van der Waals surface area contributed by atoms with Gasteiger partial charge in [0.25, 0.3) is 0 Å². The summed E-state index contributed by atoms with van der Waals surface area (Å²) >= 11 is 0. The zero-order valence-electron chi connectivity index (χ0n) is 10.1. The number of ketones is 1. The topological polar surface area (TPSA) is 34.9 Å². The van der Waals surface area contributed by atoms with Crippen molar-refractivity contribution in [3.05, 3.63) is 18.2 Å². The molecule has 0 radical (unpaired) electrons. The van der Waals surface area contributed by atoms with Gasteiger partial charge in [-0.1, -0.05) is 13.3 Å². The highest BCUT2D eigenvalue weighted by Crippen LogP contribution is 2.34. The molecule has 3 nitrogen and oxygen atoms in total. The molecule has 3 heteroatoms. The van der Waals surface area contributed by atoms with E-state index >= 15 is 0 Å². The lowest BCUT2D eigenvalue weighted by Crippen LogP contribution is -2.17. The second kappa shape index (κ2) is 4.81. The highest BCUT2D eigenvalue weighted by molar-refractivity contribution is 5.94. The fourth-order valence-corrected chi connectivity index (χ4v) is 2.66. The lowest BCUT2D eigenvalue weighted by atomic mass is 9.99. The molecule has 0 bridgehead atoms. The smallest absolute Gasteiger partial charge is 0.201 e. The van der Waals surface area contributed by atoms with Gasteiger partial charge >= 0.3 is 0 Å². The summed E-state index contributed by atoms with van der Waals surface area (Å²) in [5.41, 5.74) is 0. The minimum absolute atomic E-state index is 0.220. The van der Waals surface area contributed by atoms with E-state index in [9.17, 15) is 4.79 Å². The van der Waals surface area contributed by atoms with Crippen LogP contribution < -0.4 is 0 Å². The number of rotatable bonds is 4. The number of nitrogens with zero attached hydrogens (tertiary/aromatic N) is 2. The molecule has 1 aliphatic rings. The van der Waals surface area contributed by atoms with Gasteiger partial charge < -0.3 is 4.57 Å². The van der Waals surface area contributed by atoms with Crippen LogP contribution in [0.4, 0.5) is 0 Å². The highest BCUT2D eigenvalue weighted by Gasteiger charge is 2.31. The van der Waals surface area contributed by atoms with E-state index < -0.39 is 0 Å². The van der Waals surface area contributed by atoms with E-state index in [4.69, 9.17) is 0 Å². The zero-order valence-corrected chi connectivity index (χ0v) is 10.1. The SMILES string of the molecule is CCC1CCC(C(=O)c2nccn2CC)C1. The van der Waals surface area contributed by atoms with Crippen LogP contribution in [0, 0.1) is 11.8 Å². The number of hydrogen-bond donors (Lipinski definition) is 0. The normalized spacial score (nSPS) is 24.9. The van der Waals surface area contributed by atoms with Crippen molar-refractivity contribution in [1.82, 2.24) is 9.55 Å². The molecule has 2 unspecified atom stereocenters. The zero-order chi connectivity index (χ0) is 11.5. The predicted molar refractivity (Wildman–Crippen MR) is 63.4 cm³/mol. The first-order chi connectivity index (χ1) is 7.76. The second-order valence-electron chi connectivity index (χ2n) is 4.69. The van der Waals surface area contributed by atoms with Gasteiger partial charge in [-0.2, -0.15) is 0 Å². The molecule has 0 spiro atoms. The van der Waals surface area contributed by atoms with E-state index in [0.29, 0.717) is 5.82 Å². The first-order valence-electron chi connectivity index (χ1n) is 6.31. The van der Waals surface area contributed by atoms with Crippen LogP contribution in [0.15, 0.2) is 12.4 Å². The molecule has 16 heavy (non-hydrogen) atoms. The molecule has 2 atom stereocenters. The van der Waals surface area contributed by atoms with Gasteiger partial charge in [-0.15, -0.1) is 0 Å². The van der Waals surface area contributed by atoms with Crippen molar-refractivity contribution in [2.75, 3.05) is 0 Å². The second-order valence-corrected chi connectivity index (χ2v) is 4.69. The maximum absolute atomic E-state index is 12.3. The van der Waals surface area contributed by atoms with Crippen LogP contribution in [-0.4, -0.2) is 15.3 Å². The molecule has 1 aliphatic carbocycles. The van der Waals surface area contributed by atoms with Crippen molar-refractivity contribution in [3.63, 3.8) is 0 Å². The summed E-state index contributed by atoms with van der Waals surface area (Å²) in [5.74, 6) is 1.88. The number of aromatic nitrogens is 2. The number of carbonyl (C=O) groups excluding carboxylic acids is 1. The molecule has 1 heterocycles. The van der Waals surface area contributed by atoms with Gasteiger partial charge in [0, 0.05) is 24.9 Å². The van der Waals surface area contributed by atoms with Crippen molar-refractivity contribution in [1.29, 1.82) is 0 Å². The molecule has 0 aliphatic heterocycles. The average Bonchev–Trinajstić information content (AvgIpc) is 2.96. The number of carbonyl (C=O) groups is 1. The summed E-state index contributed by atoms with van der Waals surface area (Å²) in [4.78, 5) is 16.5. The third-order valence-corrected chi connectivity index (χ3v) is 3.77. The maximum Gasteiger partial charge on any atom is 0.201 e. The van der Waals surface area contributed by atoms with E-state index in [1.807, 2.05) is 17.7 Å². The van der Waals surface area contributed by atoms with Crippen LogP contribution in [0.25, 0.3) is 0 Å². The fourth-order valence-electron chi connectivity index (χ4n) is 2.66. The van der Waals surface area contributed by atoms with E-state index in [-0.39, 0.29) is 11.7 Å². The number of Topliss-reactive ketones (excluding diaryl/α,β-unsaturated/α-hetero) is 1. The summed E-state index contributed by atoms with van der Waals surface area (Å²) in [6.07, 6.45) is 8.13. The summed E-state index contributed by atoms with van der Waals surface area (Å²) in [7, 11) is 0. The standard InChI is InChI=1S/C13H20N2O/c1-3-10-5-6-11(9-10)12(16)13-14-7-8-15(13)4-2/h7-8,10-11H,3-6,9H2,1-2H3. The number of hydrogen-bond acceptors (Lipinski definition) is 2. The Kier molecular flexibility index (Phi) is 3.42. The van der Waals surface area contributed by atoms with E-state index in [2.05, 4.69) is 11.9 Å². The molecule has 1 aromatic heterocycles. The van der Waals surface area contributed by atoms with Crippen LogP contribution in [0.2, 0.25) is 0 Å². The minimum Gasteiger partial charge on any atom is -0.329 e. The Morgan fingerprint density at radius 2 is 2.31 bits per heavy atom. The third-order valence-electron chi connectivity index (χ3n) is 3.77. The van der Waals surface area contributed by atoms with Crippen molar-refractivity contribution in [2.24, 2.45) is 11.8 Å².